The van der Waals surface area contributed by atoms with Gasteiger partial charge in [0.15, 0.2) is 0 Å². The molecule has 0 aliphatic heterocycles. The second kappa shape index (κ2) is 5.47. The molecular formula is C12H17ClN2O2. The molecule has 17 heavy (non-hydrogen) atoms. The number of nitro benzene ring substituents is 1. The zero-order chi connectivity index (χ0) is 13.1. The van der Waals surface area contributed by atoms with Crippen molar-refractivity contribution in [1.82, 2.24) is 0 Å². The number of nitro groups is 1. The van der Waals surface area contributed by atoms with Gasteiger partial charge < -0.3 is 5.73 Å². The number of benzene rings is 1. The molecule has 1 aromatic rings. The van der Waals surface area contributed by atoms with Crippen LogP contribution in [0.4, 0.5) is 5.69 Å². The Balaban J connectivity index is 3.17. The number of nitrogens with zero attached hydrogens (tertiary/aromatic N) is 1. The molecule has 0 heterocycles. The molecule has 0 bridgehead atoms. The average molecular weight is 257 g/mol. The molecular weight excluding hydrogens is 240 g/mol. The summed E-state index contributed by atoms with van der Waals surface area (Å²) < 4.78 is 0. The van der Waals surface area contributed by atoms with Crippen molar-refractivity contribution in [1.29, 1.82) is 0 Å². The number of halogens is 1. The van der Waals surface area contributed by atoms with E-state index in [1.54, 1.807) is 12.1 Å². The molecule has 0 aromatic heterocycles. The van der Waals surface area contributed by atoms with E-state index in [4.69, 9.17) is 17.3 Å². The maximum atomic E-state index is 11.0. The van der Waals surface area contributed by atoms with E-state index in [2.05, 4.69) is 0 Å². The third kappa shape index (κ3) is 3.17. The topological polar surface area (TPSA) is 69.2 Å². The molecule has 0 saturated carbocycles. The van der Waals surface area contributed by atoms with Crippen LogP contribution in [0.2, 0.25) is 5.02 Å². The van der Waals surface area contributed by atoms with Crippen LogP contribution in [0, 0.1) is 15.5 Å². The number of hydrogen-bond donors (Lipinski definition) is 1. The van der Waals surface area contributed by atoms with Crippen molar-refractivity contribution in [3.05, 3.63) is 38.9 Å². The minimum atomic E-state index is -0.395. The van der Waals surface area contributed by atoms with Gasteiger partial charge in [-0.25, -0.2) is 0 Å². The van der Waals surface area contributed by atoms with E-state index in [0.29, 0.717) is 23.6 Å². The zero-order valence-corrected chi connectivity index (χ0v) is 10.8. The molecule has 1 aromatic carbocycles. The summed E-state index contributed by atoms with van der Waals surface area (Å²) in [5.74, 6) is 0. The van der Waals surface area contributed by atoms with Gasteiger partial charge in [-0.1, -0.05) is 31.5 Å². The first kappa shape index (κ1) is 13.9. The van der Waals surface area contributed by atoms with E-state index in [1.165, 1.54) is 6.07 Å². The summed E-state index contributed by atoms with van der Waals surface area (Å²) in [4.78, 5) is 10.6. The summed E-state index contributed by atoms with van der Waals surface area (Å²) in [5.41, 5.74) is 6.22. The van der Waals surface area contributed by atoms with Gasteiger partial charge >= 0.3 is 0 Å². The van der Waals surface area contributed by atoms with Crippen molar-refractivity contribution < 1.29 is 4.92 Å². The molecule has 0 amide bonds. The average Bonchev–Trinajstić information content (AvgIpc) is 2.31. The normalized spacial score (nSPS) is 14.4. The molecule has 1 unspecified atom stereocenters. The minimum absolute atomic E-state index is 0.0747. The standard InChI is InChI=1S/C12H17ClN2O2/c1-3-12(2,8-14)7-9-10(13)5-4-6-11(9)15(16)17/h4-6H,3,7-8,14H2,1-2H3. The first-order valence-corrected chi connectivity index (χ1v) is 5.93. The number of rotatable bonds is 5. The summed E-state index contributed by atoms with van der Waals surface area (Å²) in [6.07, 6.45) is 1.38. The molecule has 1 rings (SSSR count). The molecule has 0 aliphatic rings. The van der Waals surface area contributed by atoms with Crippen molar-refractivity contribution in [2.75, 3.05) is 6.54 Å². The highest BCUT2D eigenvalue weighted by Gasteiger charge is 2.26. The van der Waals surface area contributed by atoms with Crippen molar-refractivity contribution in [3.8, 4) is 0 Å². The Kier molecular flexibility index (Phi) is 4.48. The fourth-order valence-corrected chi connectivity index (χ4v) is 1.90. The summed E-state index contributed by atoms with van der Waals surface area (Å²) in [5, 5.41) is 11.4. The molecule has 0 saturated heterocycles. The summed E-state index contributed by atoms with van der Waals surface area (Å²) >= 11 is 6.05. The number of hydrogen-bond acceptors (Lipinski definition) is 3. The summed E-state index contributed by atoms with van der Waals surface area (Å²) in [6, 6.07) is 4.75. The van der Waals surface area contributed by atoms with Crippen molar-refractivity contribution >= 4 is 17.3 Å². The summed E-state index contributed by atoms with van der Waals surface area (Å²) in [7, 11) is 0. The predicted octanol–water partition coefficient (Wildman–Crippen LogP) is 3.17. The van der Waals surface area contributed by atoms with Crippen LogP contribution in [-0.2, 0) is 6.42 Å². The SMILES string of the molecule is CCC(C)(CN)Cc1c(Cl)cccc1[N+](=O)[O-]. The van der Waals surface area contributed by atoms with Gasteiger partial charge in [0, 0.05) is 11.6 Å². The maximum Gasteiger partial charge on any atom is 0.274 e. The van der Waals surface area contributed by atoms with E-state index < -0.39 is 4.92 Å². The Labute approximate surface area is 106 Å². The van der Waals surface area contributed by atoms with Crippen LogP contribution < -0.4 is 5.73 Å². The minimum Gasteiger partial charge on any atom is -0.330 e. The van der Waals surface area contributed by atoms with Gasteiger partial charge in [0.2, 0.25) is 0 Å². The van der Waals surface area contributed by atoms with E-state index in [9.17, 15) is 10.1 Å². The molecule has 0 aliphatic carbocycles. The van der Waals surface area contributed by atoms with Crippen LogP contribution in [-0.4, -0.2) is 11.5 Å². The molecule has 1 atom stereocenters. The second-order valence-corrected chi connectivity index (χ2v) is 4.95. The first-order valence-electron chi connectivity index (χ1n) is 5.55. The third-order valence-electron chi connectivity index (χ3n) is 3.24. The molecule has 2 N–H and O–H groups in total. The van der Waals surface area contributed by atoms with Crippen LogP contribution in [0.5, 0.6) is 0 Å². The molecule has 94 valence electrons. The smallest absolute Gasteiger partial charge is 0.274 e. The first-order chi connectivity index (χ1) is 7.93. The lowest BCUT2D eigenvalue weighted by Crippen LogP contribution is -2.29. The van der Waals surface area contributed by atoms with Gasteiger partial charge in [-0.15, -0.1) is 0 Å². The van der Waals surface area contributed by atoms with Crippen LogP contribution in [0.25, 0.3) is 0 Å². The molecule has 0 spiro atoms. The lowest BCUT2D eigenvalue weighted by Gasteiger charge is -2.26. The monoisotopic (exact) mass is 256 g/mol. The lowest BCUT2D eigenvalue weighted by atomic mass is 9.81. The van der Waals surface area contributed by atoms with Gasteiger partial charge in [-0.05, 0) is 30.9 Å². The molecule has 0 radical (unpaired) electrons. The Morgan fingerprint density at radius 2 is 2.18 bits per heavy atom. The third-order valence-corrected chi connectivity index (χ3v) is 3.59. The van der Waals surface area contributed by atoms with E-state index in [1.807, 2.05) is 13.8 Å². The largest absolute Gasteiger partial charge is 0.330 e. The van der Waals surface area contributed by atoms with E-state index in [0.717, 1.165) is 6.42 Å². The van der Waals surface area contributed by atoms with E-state index in [-0.39, 0.29) is 11.1 Å². The highest BCUT2D eigenvalue weighted by Crippen LogP contribution is 2.34. The molecule has 4 nitrogen and oxygen atoms in total. The fraction of sp³-hybridized carbons (Fsp3) is 0.500. The Bertz CT molecular complexity index is 417. The highest BCUT2D eigenvalue weighted by atomic mass is 35.5. The summed E-state index contributed by atoms with van der Waals surface area (Å²) in [6.45, 7) is 4.52. The van der Waals surface area contributed by atoms with Gasteiger partial charge in [-0.2, -0.15) is 0 Å². The van der Waals surface area contributed by atoms with Gasteiger partial charge in [0.25, 0.3) is 5.69 Å². The van der Waals surface area contributed by atoms with E-state index >= 15 is 0 Å². The Hall–Kier alpha value is -1.13. The predicted molar refractivity (Wildman–Crippen MR) is 69.3 cm³/mol. The zero-order valence-electron chi connectivity index (χ0n) is 10.1. The molecule has 5 heteroatoms. The second-order valence-electron chi connectivity index (χ2n) is 4.54. The van der Waals surface area contributed by atoms with Crippen molar-refractivity contribution in [2.24, 2.45) is 11.1 Å². The maximum absolute atomic E-state index is 11.0. The highest BCUT2D eigenvalue weighted by molar-refractivity contribution is 6.31. The van der Waals surface area contributed by atoms with Gasteiger partial charge in [0.05, 0.1) is 9.95 Å². The Morgan fingerprint density at radius 1 is 1.53 bits per heavy atom. The van der Waals surface area contributed by atoms with Gasteiger partial charge in [-0.3, -0.25) is 10.1 Å². The van der Waals surface area contributed by atoms with Crippen LogP contribution >= 0.6 is 11.6 Å². The van der Waals surface area contributed by atoms with Crippen LogP contribution in [0.3, 0.4) is 0 Å². The van der Waals surface area contributed by atoms with Crippen molar-refractivity contribution in [2.45, 2.75) is 26.7 Å². The van der Waals surface area contributed by atoms with Crippen molar-refractivity contribution in [3.63, 3.8) is 0 Å². The van der Waals surface area contributed by atoms with Crippen LogP contribution in [0.1, 0.15) is 25.8 Å². The number of nitrogens with two attached hydrogens (primary N) is 1. The molecule has 0 fully saturated rings. The lowest BCUT2D eigenvalue weighted by molar-refractivity contribution is -0.385. The Morgan fingerprint density at radius 3 is 2.65 bits per heavy atom. The van der Waals surface area contributed by atoms with Gasteiger partial charge in [0.1, 0.15) is 0 Å². The van der Waals surface area contributed by atoms with Crippen LogP contribution in [0.15, 0.2) is 18.2 Å². The fourth-order valence-electron chi connectivity index (χ4n) is 1.66. The quantitative estimate of drug-likeness (QED) is 0.650.